The highest BCUT2D eigenvalue weighted by atomic mass is 32.2. The highest BCUT2D eigenvalue weighted by Gasteiger charge is 2.33. The van der Waals surface area contributed by atoms with Crippen LogP contribution >= 0.6 is 11.8 Å². The normalized spacial score (nSPS) is 16.9. The molecule has 0 saturated carbocycles. The Bertz CT molecular complexity index is 580. The summed E-state index contributed by atoms with van der Waals surface area (Å²) in [6.07, 6.45) is 3.38. The van der Waals surface area contributed by atoms with Crippen molar-refractivity contribution >= 4 is 29.0 Å². The molecular formula is C15H15NO3S. The summed E-state index contributed by atoms with van der Waals surface area (Å²) in [4.78, 5) is 25.3. The van der Waals surface area contributed by atoms with Crippen LogP contribution in [-0.2, 0) is 4.79 Å². The zero-order valence-corrected chi connectivity index (χ0v) is 12.0. The first kappa shape index (κ1) is 14.4. The lowest BCUT2D eigenvalue weighted by molar-refractivity contribution is -0.122. The number of carbonyl (C=O) groups excluding carboxylic acids is 2. The molecule has 1 aromatic rings. The topological polar surface area (TPSA) is 46.6 Å². The highest BCUT2D eigenvalue weighted by Crippen LogP contribution is 2.32. The number of likely N-dealkylation sites (N-methyl/N-ethyl adjacent to an activating group) is 1. The smallest absolute Gasteiger partial charge is 0.293 e. The summed E-state index contributed by atoms with van der Waals surface area (Å²) in [6, 6.07) is 7.36. The third kappa shape index (κ3) is 3.11. The Morgan fingerprint density at radius 2 is 2.20 bits per heavy atom. The second-order valence-electron chi connectivity index (χ2n) is 4.10. The van der Waals surface area contributed by atoms with Gasteiger partial charge in [-0.05, 0) is 42.5 Å². The molecule has 0 atom stereocenters. The number of hydrogen-bond acceptors (Lipinski definition) is 4. The monoisotopic (exact) mass is 289 g/mol. The number of benzene rings is 1. The molecule has 0 N–H and O–H groups in total. The second kappa shape index (κ2) is 6.43. The van der Waals surface area contributed by atoms with Gasteiger partial charge in [0, 0.05) is 6.54 Å². The van der Waals surface area contributed by atoms with Crippen LogP contribution in [-0.4, -0.2) is 29.2 Å². The zero-order chi connectivity index (χ0) is 14.5. The summed E-state index contributed by atoms with van der Waals surface area (Å²) in [6.45, 7) is 6.19. The summed E-state index contributed by atoms with van der Waals surface area (Å²) >= 11 is 0.966. The van der Waals surface area contributed by atoms with Crippen LogP contribution in [0.15, 0.2) is 41.8 Å². The van der Waals surface area contributed by atoms with Crippen molar-refractivity contribution in [2.75, 3.05) is 13.2 Å². The Labute approximate surface area is 122 Å². The largest absolute Gasteiger partial charge is 0.490 e. The average Bonchev–Trinajstić information content (AvgIpc) is 2.71. The summed E-state index contributed by atoms with van der Waals surface area (Å²) in [7, 11) is 0. The van der Waals surface area contributed by atoms with Gasteiger partial charge in [0.05, 0.1) is 4.91 Å². The van der Waals surface area contributed by atoms with Gasteiger partial charge < -0.3 is 4.74 Å². The van der Waals surface area contributed by atoms with Crippen LogP contribution in [0.3, 0.4) is 0 Å². The number of amides is 2. The zero-order valence-electron chi connectivity index (χ0n) is 11.2. The third-order valence-corrected chi connectivity index (χ3v) is 3.62. The molecular weight excluding hydrogens is 274 g/mol. The lowest BCUT2D eigenvalue weighted by Gasteiger charge is -2.07. The van der Waals surface area contributed by atoms with Gasteiger partial charge in [0.2, 0.25) is 0 Å². The molecule has 1 fully saturated rings. The lowest BCUT2D eigenvalue weighted by Crippen LogP contribution is -2.27. The molecule has 0 unspecified atom stereocenters. The van der Waals surface area contributed by atoms with Gasteiger partial charge in [0.1, 0.15) is 12.4 Å². The third-order valence-electron chi connectivity index (χ3n) is 2.71. The predicted molar refractivity (Wildman–Crippen MR) is 80.5 cm³/mol. The van der Waals surface area contributed by atoms with Gasteiger partial charge in [0.25, 0.3) is 11.1 Å². The maximum Gasteiger partial charge on any atom is 0.293 e. The molecule has 1 aromatic carbocycles. The number of rotatable bonds is 5. The molecule has 0 aliphatic carbocycles. The molecule has 5 heteroatoms. The lowest BCUT2D eigenvalue weighted by atomic mass is 10.2. The Morgan fingerprint density at radius 1 is 1.40 bits per heavy atom. The average molecular weight is 289 g/mol. The van der Waals surface area contributed by atoms with E-state index < -0.39 is 0 Å². The fraction of sp³-hybridized carbons (Fsp3) is 0.200. The van der Waals surface area contributed by atoms with E-state index in [0.717, 1.165) is 17.3 Å². The molecule has 1 aliphatic heterocycles. The minimum Gasteiger partial charge on any atom is -0.490 e. The van der Waals surface area contributed by atoms with Crippen LogP contribution in [0.5, 0.6) is 5.75 Å². The number of ether oxygens (including phenoxy) is 1. The molecule has 2 rings (SSSR count). The van der Waals surface area contributed by atoms with Crippen molar-refractivity contribution in [3.05, 3.63) is 47.4 Å². The highest BCUT2D eigenvalue weighted by molar-refractivity contribution is 8.18. The van der Waals surface area contributed by atoms with Gasteiger partial charge in [-0.1, -0.05) is 24.8 Å². The van der Waals surface area contributed by atoms with Gasteiger partial charge in [-0.3, -0.25) is 14.5 Å². The maximum atomic E-state index is 12.0. The van der Waals surface area contributed by atoms with Crippen molar-refractivity contribution in [3.8, 4) is 5.75 Å². The van der Waals surface area contributed by atoms with Crippen LogP contribution < -0.4 is 4.74 Å². The summed E-state index contributed by atoms with van der Waals surface area (Å²) in [5, 5.41) is -0.220. The van der Waals surface area contributed by atoms with E-state index in [1.807, 2.05) is 24.3 Å². The minimum atomic E-state index is -0.236. The van der Waals surface area contributed by atoms with Gasteiger partial charge in [-0.25, -0.2) is 0 Å². The number of imide groups is 1. The van der Waals surface area contributed by atoms with E-state index in [1.165, 1.54) is 4.90 Å². The molecule has 0 radical (unpaired) electrons. The first-order valence-electron chi connectivity index (χ1n) is 6.25. The van der Waals surface area contributed by atoms with E-state index in [2.05, 4.69) is 6.58 Å². The second-order valence-corrected chi connectivity index (χ2v) is 5.09. The van der Waals surface area contributed by atoms with Gasteiger partial charge >= 0.3 is 0 Å². The van der Waals surface area contributed by atoms with E-state index >= 15 is 0 Å². The van der Waals surface area contributed by atoms with Crippen molar-refractivity contribution in [1.82, 2.24) is 4.90 Å². The molecule has 0 bridgehead atoms. The first-order valence-corrected chi connectivity index (χ1v) is 7.06. The Kier molecular flexibility index (Phi) is 4.63. The van der Waals surface area contributed by atoms with Gasteiger partial charge in [-0.2, -0.15) is 0 Å². The Hall–Kier alpha value is -2.01. The van der Waals surface area contributed by atoms with Crippen LogP contribution in [0.1, 0.15) is 12.5 Å². The molecule has 1 saturated heterocycles. The minimum absolute atomic E-state index is 0.220. The van der Waals surface area contributed by atoms with E-state index in [9.17, 15) is 9.59 Å². The molecule has 0 spiro atoms. The summed E-state index contributed by atoms with van der Waals surface area (Å²) in [5.41, 5.74) is 0.827. The van der Waals surface area contributed by atoms with Crippen molar-refractivity contribution in [3.63, 3.8) is 0 Å². The fourth-order valence-corrected chi connectivity index (χ4v) is 2.68. The molecule has 104 valence electrons. The standard InChI is InChI=1S/C15H15NO3S/c1-3-8-19-12-7-5-6-11(9-12)10-13-14(17)16(4-2)15(18)20-13/h3,5-7,9-10H,1,4,8H2,2H3/b13-10+. The van der Waals surface area contributed by atoms with Crippen LogP contribution in [0, 0.1) is 0 Å². The molecule has 2 amide bonds. The van der Waals surface area contributed by atoms with E-state index in [4.69, 9.17) is 4.74 Å². The van der Waals surface area contributed by atoms with E-state index in [0.29, 0.717) is 23.8 Å². The summed E-state index contributed by atoms with van der Waals surface area (Å²) < 4.78 is 5.43. The van der Waals surface area contributed by atoms with E-state index in [-0.39, 0.29) is 11.1 Å². The Balaban J connectivity index is 2.21. The molecule has 20 heavy (non-hydrogen) atoms. The van der Waals surface area contributed by atoms with Gasteiger partial charge in [0.15, 0.2) is 0 Å². The number of nitrogens with zero attached hydrogens (tertiary/aromatic N) is 1. The van der Waals surface area contributed by atoms with Gasteiger partial charge in [-0.15, -0.1) is 0 Å². The van der Waals surface area contributed by atoms with Crippen LogP contribution in [0.4, 0.5) is 4.79 Å². The van der Waals surface area contributed by atoms with E-state index in [1.54, 1.807) is 19.1 Å². The predicted octanol–water partition coefficient (Wildman–Crippen LogP) is 3.31. The van der Waals surface area contributed by atoms with Crippen molar-refractivity contribution in [2.24, 2.45) is 0 Å². The Morgan fingerprint density at radius 3 is 2.85 bits per heavy atom. The van der Waals surface area contributed by atoms with Crippen molar-refractivity contribution in [1.29, 1.82) is 0 Å². The van der Waals surface area contributed by atoms with Crippen LogP contribution in [0.2, 0.25) is 0 Å². The molecule has 0 aromatic heterocycles. The van der Waals surface area contributed by atoms with Crippen LogP contribution in [0.25, 0.3) is 6.08 Å². The SMILES string of the molecule is C=CCOc1cccc(/C=C2/SC(=O)N(CC)C2=O)c1. The number of thioether (sulfide) groups is 1. The fourth-order valence-electron chi connectivity index (χ4n) is 1.77. The van der Waals surface area contributed by atoms with Crippen molar-refractivity contribution in [2.45, 2.75) is 6.92 Å². The quantitative estimate of drug-likeness (QED) is 0.616. The molecule has 1 heterocycles. The van der Waals surface area contributed by atoms with Crippen molar-refractivity contribution < 1.29 is 14.3 Å². The number of hydrogen-bond donors (Lipinski definition) is 0. The molecule has 4 nitrogen and oxygen atoms in total. The maximum absolute atomic E-state index is 12.0. The first-order chi connectivity index (χ1) is 9.65. The summed E-state index contributed by atoms with van der Waals surface area (Å²) in [5.74, 6) is 0.466. The number of carbonyl (C=O) groups is 2. The molecule has 1 aliphatic rings.